The van der Waals surface area contributed by atoms with Gasteiger partial charge in [0, 0.05) is 0 Å². The maximum atomic E-state index is 10.1. The molecule has 166 valence electrons. The number of allylic oxidation sites excluding steroid dienone is 3. The molecule has 0 heterocycles. The maximum Gasteiger partial charge on any atom is 0.0809 e. The van der Waals surface area contributed by atoms with E-state index in [9.17, 15) is 10.2 Å². The minimum absolute atomic E-state index is 0. The van der Waals surface area contributed by atoms with Crippen LogP contribution in [0.5, 0.6) is 0 Å². The predicted molar refractivity (Wildman–Crippen MR) is 125 cm³/mol. The fourth-order valence-electron chi connectivity index (χ4n) is 6.56. The van der Waals surface area contributed by atoms with Crippen molar-refractivity contribution in [2.24, 2.45) is 23.2 Å². The van der Waals surface area contributed by atoms with Gasteiger partial charge in [-0.3, -0.25) is 0 Å². The minimum atomic E-state index is -0.593. The smallest absolute Gasteiger partial charge is 0.0809 e. The van der Waals surface area contributed by atoms with Crippen LogP contribution in [0.4, 0.5) is 0 Å². The van der Waals surface area contributed by atoms with Gasteiger partial charge in [-0.25, -0.2) is 0 Å². The normalized spacial score (nSPS) is 37.2. The summed E-state index contributed by atoms with van der Waals surface area (Å²) in [6.45, 7) is 11.2. The van der Waals surface area contributed by atoms with Crippen LogP contribution >= 0.6 is 0 Å². The van der Waals surface area contributed by atoms with Gasteiger partial charge in [0.2, 0.25) is 0 Å². The summed E-state index contributed by atoms with van der Waals surface area (Å²) < 4.78 is 0. The quantitative estimate of drug-likeness (QED) is 0.371. The molecule has 3 rings (SSSR count). The average molecular weight is 403 g/mol. The Hall–Kier alpha value is -0.860. The molecular weight excluding hydrogens is 356 g/mol. The molecule has 0 saturated heterocycles. The molecule has 2 N–H and O–H groups in total. The van der Waals surface area contributed by atoms with Gasteiger partial charge in [0.05, 0.1) is 12.2 Å². The Kier molecular flexibility index (Phi) is 8.79. The van der Waals surface area contributed by atoms with E-state index >= 15 is 0 Å². The number of rotatable bonds is 6. The van der Waals surface area contributed by atoms with Gasteiger partial charge < -0.3 is 10.2 Å². The van der Waals surface area contributed by atoms with Crippen molar-refractivity contribution < 1.29 is 10.2 Å². The van der Waals surface area contributed by atoms with Crippen LogP contribution in [0, 0.1) is 23.2 Å². The van der Waals surface area contributed by atoms with Gasteiger partial charge in [-0.05, 0) is 73.7 Å². The van der Waals surface area contributed by atoms with E-state index in [0.717, 1.165) is 23.3 Å². The van der Waals surface area contributed by atoms with Crippen molar-refractivity contribution in [3.05, 3.63) is 35.5 Å². The second-order valence-electron chi connectivity index (χ2n) is 10.2. The fraction of sp³-hybridized carbons (Fsp3) is 0.778. The summed E-state index contributed by atoms with van der Waals surface area (Å²) in [5.41, 5.74) is 3.83. The molecule has 0 amide bonds. The zero-order valence-electron chi connectivity index (χ0n) is 18.4. The van der Waals surface area contributed by atoms with Crippen molar-refractivity contribution in [1.29, 1.82) is 0 Å². The third-order valence-corrected chi connectivity index (χ3v) is 8.29. The van der Waals surface area contributed by atoms with Crippen LogP contribution in [0.1, 0.15) is 98.8 Å². The van der Waals surface area contributed by atoms with Crippen LogP contribution in [0.2, 0.25) is 0 Å². The molecule has 0 aliphatic heterocycles. The van der Waals surface area contributed by atoms with E-state index in [-0.39, 0.29) is 7.43 Å². The van der Waals surface area contributed by atoms with Crippen molar-refractivity contribution in [2.75, 3.05) is 0 Å². The lowest BCUT2D eigenvalue weighted by Crippen LogP contribution is -2.36. The second kappa shape index (κ2) is 10.4. The molecule has 2 unspecified atom stereocenters. The standard InChI is InChI=1S/C26H42O2.CH4/c1-5-6-7-9-18(2)22-13-14-23-21(10-8-15-26(22,23)4)12-11-20-16-24(27)19(3)25(28)17-20;/h11-12,18,22-25,27-28H,3,5-10,13-17H2,1-2,4H3;1H4/b21-12+;/t18-,22?,23?,24+,25+,26+;/m0./s1. The average Bonchev–Trinajstić information content (AvgIpc) is 3.02. The molecule has 3 saturated carbocycles. The highest BCUT2D eigenvalue weighted by Gasteiger charge is 2.50. The van der Waals surface area contributed by atoms with E-state index in [2.05, 4.69) is 39.5 Å². The third-order valence-electron chi connectivity index (χ3n) is 8.29. The summed E-state index contributed by atoms with van der Waals surface area (Å²) in [4.78, 5) is 0. The Morgan fingerprint density at radius 2 is 1.83 bits per heavy atom. The Bertz CT molecular complexity index is 600. The molecule has 0 aromatic rings. The molecule has 6 atom stereocenters. The molecule has 3 aliphatic carbocycles. The molecular formula is C27H46O2. The van der Waals surface area contributed by atoms with Crippen molar-refractivity contribution in [2.45, 2.75) is 111 Å². The topological polar surface area (TPSA) is 40.5 Å². The first-order chi connectivity index (χ1) is 13.4. The molecule has 3 fully saturated rings. The van der Waals surface area contributed by atoms with Gasteiger partial charge in [-0.15, -0.1) is 0 Å². The van der Waals surface area contributed by atoms with Crippen molar-refractivity contribution in [3.63, 3.8) is 0 Å². The third kappa shape index (κ3) is 5.25. The monoisotopic (exact) mass is 402 g/mol. The molecule has 2 heteroatoms. The van der Waals surface area contributed by atoms with E-state index < -0.39 is 12.2 Å². The van der Waals surface area contributed by atoms with Gasteiger partial charge in [0.1, 0.15) is 0 Å². The zero-order chi connectivity index (χ0) is 20.3. The first-order valence-corrected chi connectivity index (χ1v) is 11.8. The summed E-state index contributed by atoms with van der Waals surface area (Å²) in [6, 6.07) is 0. The number of fused-ring (bicyclic) bond motifs is 1. The molecule has 0 radical (unpaired) electrons. The number of aliphatic hydroxyl groups is 2. The molecule has 29 heavy (non-hydrogen) atoms. The van der Waals surface area contributed by atoms with Crippen LogP contribution in [-0.4, -0.2) is 22.4 Å². The molecule has 0 aromatic carbocycles. The van der Waals surface area contributed by atoms with E-state index in [1.165, 1.54) is 57.8 Å². The summed E-state index contributed by atoms with van der Waals surface area (Å²) >= 11 is 0. The number of aliphatic hydroxyl groups excluding tert-OH is 2. The van der Waals surface area contributed by atoms with Crippen LogP contribution in [-0.2, 0) is 0 Å². The Balaban J connectivity index is 0.00000300. The largest absolute Gasteiger partial charge is 0.388 e. The molecule has 2 nitrogen and oxygen atoms in total. The number of hydrogen-bond donors (Lipinski definition) is 2. The SMILES string of the molecule is C.C=C1[C@H](O)CC(=C/C=C2\CCC[C@@]3(C)C2CCC3[C@@H](C)CCCCC)C[C@H]1O. The van der Waals surface area contributed by atoms with Gasteiger partial charge >= 0.3 is 0 Å². The van der Waals surface area contributed by atoms with Gasteiger partial charge in [0.15, 0.2) is 0 Å². The van der Waals surface area contributed by atoms with Crippen LogP contribution < -0.4 is 0 Å². The lowest BCUT2D eigenvalue weighted by atomic mass is 9.60. The van der Waals surface area contributed by atoms with Gasteiger partial charge in [-0.2, -0.15) is 0 Å². The Morgan fingerprint density at radius 3 is 2.48 bits per heavy atom. The van der Waals surface area contributed by atoms with Gasteiger partial charge in [0.25, 0.3) is 0 Å². The highest BCUT2D eigenvalue weighted by Crippen LogP contribution is 2.59. The highest BCUT2D eigenvalue weighted by atomic mass is 16.3. The van der Waals surface area contributed by atoms with Crippen molar-refractivity contribution in [1.82, 2.24) is 0 Å². The molecule has 3 aliphatic rings. The zero-order valence-corrected chi connectivity index (χ0v) is 18.4. The van der Waals surface area contributed by atoms with E-state index in [0.29, 0.717) is 23.8 Å². The number of hydrogen-bond acceptors (Lipinski definition) is 2. The first kappa shape index (κ1) is 24.4. The minimum Gasteiger partial charge on any atom is -0.388 e. The summed E-state index contributed by atoms with van der Waals surface area (Å²) in [6.07, 6.45) is 16.7. The Morgan fingerprint density at radius 1 is 1.14 bits per heavy atom. The van der Waals surface area contributed by atoms with E-state index in [4.69, 9.17) is 0 Å². The van der Waals surface area contributed by atoms with E-state index in [1.54, 1.807) is 5.57 Å². The molecule has 0 spiro atoms. The van der Waals surface area contributed by atoms with Crippen molar-refractivity contribution >= 4 is 0 Å². The lowest BCUT2D eigenvalue weighted by Gasteiger charge is -2.44. The van der Waals surface area contributed by atoms with Crippen LogP contribution in [0.15, 0.2) is 35.5 Å². The van der Waals surface area contributed by atoms with Crippen molar-refractivity contribution in [3.8, 4) is 0 Å². The summed E-state index contributed by atoms with van der Waals surface area (Å²) in [5, 5.41) is 20.2. The molecule has 0 aromatic heterocycles. The lowest BCUT2D eigenvalue weighted by molar-refractivity contribution is 0.0932. The summed E-state index contributed by atoms with van der Waals surface area (Å²) in [5.74, 6) is 2.44. The van der Waals surface area contributed by atoms with Gasteiger partial charge in [-0.1, -0.05) is 83.8 Å². The molecule has 0 bridgehead atoms. The van der Waals surface area contributed by atoms with Crippen LogP contribution in [0.3, 0.4) is 0 Å². The Labute approximate surface area is 180 Å². The fourth-order valence-corrected chi connectivity index (χ4v) is 6.56. The van der Waals surface area contributed by atoms with Crippen LogP contribution in [0.25, 0.3) is 0 Å². The highest BCUT2D eigenvalue weighted by molar-refractivity contribution is 5.29. The second-order valence-corrected chi connectivity index (χ2v) is 10.2. The summed E-state index contributed by atoms with van der Waals surface area (Å²) in [7, 11) is 0. The first-order valence-electron chi connectivity index (χ1n) is 11.8. The predicted octanol–water partition coefficient (Wildman–Crippen LogP) is 6.98. The number of unbranched alkanes of at least 4 members (excludes halogenated alkanes) is 2. The maximum absolute atomic E-state index is 10.1. The van der Waals surface area contributed by atoms with E-state index in [1.807, 2.05) is 0 Å².